The first-order valence-corrected chi connectivity index (χ1v) is 8.20. The number of hydrogen-bond acceptors (Lipinski definition) is 8. The van der Waals surface area contributed by atoms with Crippen molar-refractivity contribution in [2.75, 3.05) is 14.2 Å². The second-order valence-corrected chi connectivity index (χ2v) is 5.45. The molecule has 0 aliphatic carbocycles. The summed E-state index contributed by atoms with van der Waals surface area (Å²) >= 11 is 0. The first kappa shape index (κ1) is 21.2. The summed E-state index contributed by atoms with van der Waals surface area (Å²) in [6.45, 7) is -0.163. The molecule has 29 heavy (non-hydrogen) atoms. The molecule has 0 radical (unpaired) electrons. The van der Waals surface area contributed by atoms with Crippen molar-refractivity contribution in [2.45, 2.75) is 6.61 Å². The number of rotatable bonds is 8. The van der Waals surface area contributed by atoms with E-state index in [0.717, 1.165) is 0 Å². The van der Waals surface area contributed by atoms with Crippen LogP contribution in [0.1, 0.15) is 11.1 Å². The molecule has 0 aliphatic rings. The minimum atomic E-state index is -0.895. The van der Waals surface area contributed by atoms with Gasteiger partial charge in [-0.3, -0.25) is 10.1 Å². The van der Waals surface area contributed by atoms with Gasteiger partial charge in [-0.25, -0.2) is 9.59 Å². The van der Waals surface area contributed by atoms with Crippen LogP contribution in [0.3, 0.4) is 0 Å². The number of non-ortho nitro benzene ring substituents is 1. The summed E-state index contributed by atoms with van der Waals surface area (Å²) in [5.74, 6) is -0.422. The quantitative estimate of drug-likeness (QED) is 0.235. The number of hydroxylamine groups is 1. The lowest BCUT2D eigenvalue weighted by Gasteiger charge is -2.12. The van der Waals surface area contributed by atoms with Crippen molar-refractivity contribution in [3.8, 4) is 5.75 Å². The molecule has 10 heteroatoms. The van der Waals surface area contributed by atoms with E-state index in [1.807, 2.05) is 0 Å². The number of esters is 1. The van der Waals surface area contributed by atoms with Crippen LogP contribution in [0, 0.1) is 10.1 Å². The number of ether oxygens (including phenoxy) is 3. The van der Waals surface area contributed by atoms with Crippen molar-refractivity contribution in [1.82, 2.24) is 5.48 Å². The van der Waals surface area contributed by atoms with Gasteiger partial charge in [0.25, 0.3) is 5.69 Å². The Hall–Kier alpha value is -4.08. The fraction of sp³-hybridized carbons (Fsp3) is 0.158. The summed E-state index contributed by atoms with van der Waals surface area (Å²) in [4.78, 5) is 38.9. The van der Waals surface area contributed by atoms with Crippen LogP contribution in [0.2, 0.25) is 0 Å². The predicted octanol–water partition coefficient (Wildman–Crippen LogP) is 2.98. The lowest BCUT2D eigenvalue weighted by Crippen LogP contribution is -2.27. The maximum Gasteiger partial charge on any atom is 0.440 e. The normalized spacial score (nSPS) is 10.6. The number of methoxy groups -OCH3 is 2. The van der Waals surface area contributed by atoms with Crippen molar-refractivity contribution < 1.29 is 33.6 Å². The zero-order valence-electron chi connectivity index (χ0n) is 15.6. The fourth-order valence-electron chi connectivity index (χ4n) is 2.27. The Morgan fingerprint density at radius 1 is 1.10 bits per heavy atom. The Balaban J connectivity index is 1.99. The molecule has 0 spiro atoms. The minimum absolute atomic E-state index is 0.109. The van der Waals surface area contributed by atoms with Gasteiger partial charge < -0.3 is 19.0 Å². The van der Waals surface area contributed by atoms with Crippen LogP contribution < -0.4 is 10.3 Å². The lowest BCUT2D eigenvalue weighted by molar-refractivity contribution is -0.384. The number of hydrogen-bond donors (Lipinski definition) is 1. The second kappa shape index (κ2) is 10.3. The van der Waals surface area contributed by atoms with E-state index >= 15 is 0 Å². The maximum atomic E-state index is 12.0. The van der Waals surface area contributed by atoms with Gasteiger partial charge in [0, 0.05) is 12.1 Å². The number of nitro benzene ring substituents is 1. The third kappa shape index (κ3) is 5.96. The van der Waals surface area contributed by atoms with E-state index in [0.29, 0.717) is 11.1 Å². The highest BCUT2D eigenvalue weighted by molar-refractivity contribution is 6.16. The van der Waals surface area contributed by atoms with E-state index < -0.39 is 17.0 Å². The van der Waals surface area contributed by atoms with Crippen molar-refractivity contribution in [1.29, 1.82) is 0 Å². The Bertz CT molecular complexity index is 909. The molecule has 0 saturated carbocycles. The van der Waals surface area contributed by atoms with Crippen LogP contribution in [-0.4, -0.2) is 31.2 Å². The highest BCUT2D eigenvalue weighted by Crippen LogP contribution is 2.22. The van der Waals surface area contributed by atoms with Gasteiger partial charge in [-0.05, 0) is 23.3 Å². The number of carbonyl (C=O) groups excluding carboxylic acids is 2. The van der Waals surface area contributed by atoms with Gasteiger partial charge in [0.1, 0.15) is 12.2 Å². The second-order valence-electron chi connectivity index (χ2n) is 5.45. The average Bonchev–Trinajstić information content (AvgIpc) is 2.74. The molecule has 0 atom stereocenters. The van der Waals surface area contributed by atoms with Gasteiger partial charge in [0.2, 0.25) is 0 Å². The van der Waals surface area contributed by atoms with Gasteiger partial charge in [-0.1, -0.05) is 24.3 Å². The van der Waals surface area contributed by atoms with Crippen molar-refractivity contribution in [2.24, 2.45) is 0 Å². The third-order valence-electron chi connectivity index (χ3n) is 3.61. The Morgan fingerprint density at radius 2 is 1.79 bits per heavy atom. The first-order chi connectivity index (χ1) is 14.0. The average molecular weight is 402 g/mol. The smallest absolute Gasteiger partial charge is 0.440 e. The Kier molecular flexibility index (Phi) is 7.54. The van der Waals surface area contributed by atoms with E-state index in [1.165, 1.54) is 44.7 Å². The van der Waals surface area contributed by atoms with Gasteiger partial charge >= 0.3 is 12.1 Å². The summed E-state index contributed by atoms with van der Waals surface area (Å²) in [5.41, 5.74) is 3.13. The number of amides is 1. The topological polar surface area (TPSA) is 126 Å². The molecular weight excluding hydrogens is 384 g/mol. The number of benzene rings is 2. The van der Waals surface area contributed by atoms with Gasteiger partial charge in [-0.15, -0.1) is 0 Å². The van der Waals surface area contributed by atoms with Gasteiger partial charge in [0.15, 0.2) is 5.75 Å². The number of carbonyl (C=O) groups is 2. The highest BCUT2D eigenvalue weighted by Gasteiger charge is 2.17. The molecule has 2 aromatic carbocycles. The molecule has 1 amide bonds. The van der Waals surface area contributed by atoms with E-state index in [9.17, 15) is 19.7 Å². The van der Waals surface area contributed by atoms with E-state index in [4.69, 9.17) is 19.0 Å². The maximum absolute atomic E-state index is 12.0. The summed E-state index contributed by atoms with van der Waals surface area (Å²) in [7, 11) is 2.64. The molecule has 0 unspecified atom stereocenters. The summed E-state index contributed by atoms with van der Waals surface area (Å²) < 4.78 is 14.8. The number of nitrogens with zero attached hydrogens (tertiary/aromatic N) is 1. The fourth-order valence-corrected chi connectivity index (χ4v) is 2.27. The van der Waals surface area contributed by atoms with Crippen molar-refractivity contribution in [3.63, 3.8) is 0 Å². The summed E-state index contributed by atoms with van der Waals surface area (Å²) in [6, 6.07) is 11.9. The van der Waals surface area contributed by atoms with Gasteiger partial charge in [0.05, 0.1) is 25.4 Å². The summed E-state index contributed by atoms with van der Waals surface area (Å²) in [6.07, 6.45) is 0.344. The van der Waals surface area contributed by atoms with Crippen LogP contribution in [0.5, 0.6) is 5.75 Å². The molecule has 10 nitrogen and oxygen atoms in total. The monoisotopic (exact) mass is 402 g/mol. The first-order valence-electron chi connectivity index (χ1n) is 8.20. The molecule has 0 aliphatic heterocycles. The van der Waals surface area contributed by atoms with Crippen molar-refractivity contribution in [3.05, 3.63) is 76.0 Å². The SMILES string of the molecule is CO/C=C(/C(=O)OC)c1ccccc1COC(=O)NOc1ccc([N+](=O)[O-])cc1. The third-order valence-corrected chi connectivity index (χ3v) is 3.61. The predicted molar refractivity (Wildman–Crippen MR) is 100 cm³/mol. The van der Waals surface area contributed by atoms with Crippen LogP contribution >= 0.6 is 0 Å². The van der Waals surface area contributed by atoms with Crippen LogP contribution in [0.25, 0.3) is 5.57 Å². The number of nitro groups is 1. The van der Waals surface area contributed by atoms with E-state index in [1.54, 1.807) is 24.3 Å². The zero-order valence-corrected chi connectivity index (χ0v) is 15.6. The molecule has 152 valence electrons. The molecule has 0 aromatic heterocycles. The van der Waals surface area contributed by atoms with Crippen molar-refractivity contribution >= 4 is 23.3 Å². The molecule has 0 heterocycles. The summed E-state index contributed by atoms with van der Waals surface area (Å²) in [5, 5.41) is 10.6. The van der Waals surface area contributed by atoms with Crippen LogP contribution in [-0.2, 0) is 25.6 Å². The zero-order chi connectivity index (χ0) is 21.2. The minimum Gasteiger partial charge on any atom is -0.503 e. The Labute approximate surface area is 165 Å². The van der Waals surface area contributed by atoms with E-state index in [2.05, 4.69) is 5.48 Å². The molecule has 0 bridgehead atoms. The molecular formula is C19H18N2O8. The molecule has 0 saturated heterocycles. The number of nitrogens with one attached hydrogen (secondary N) is 1. The lowest BCUT2D eigenvalue weighted by atomic mass is 10.0. The standard InChI is InChI=1S/C19H18N2O8/c1-26-12-17(18(22)27-2)16-6-4-3-5-13(16)11-28-19(23)20-29-15-9-7-14(8-10-15)21(24)25/h3-10,12H,11H2,1-2H3,(H,20,23)/b17-12+. The van der Waals surface area contributed by atoms with E-state index in [-0.39, 0.29) is 23.6 Å². The molecule has 1 N–H and O–H groups in total. The molecule has 0 fully saturated rings. The van der Waals surface area contributed by atoms with Crippen LogP contribution in [0.4, 0.5) is 10.5 Å². The molecule has 2 rings (SSSR count). The largest absolute Gasteiger partial charge is 0.503 e. The molecule has 2 aromatic rings. The Morgan fingerprint density at radius 3 is 2.41 bits per heavy atom. The van der Waals surface area contributed by atoms with Crippen LogP contribution in [0.15, 0.2) is 54.8 Å². The highest BCUT2D eigenvalue weighted by atomic mass is 16.7. The van der Waals surface area contributed by atoms with Gasteiger partial charge in [-0.2, -0.15) is 5.48 Å².